The Balaban J connectivity index is 0.931. The van der Waals surface area contributed by atoms with Gasteiger partial charge in [0, 0.05) is 30.4 Å². The van der Waals surface area contributed by atoms with Gasteiger partial charge in [0.15, 0.2) is 0 Å². The van der Waals surface area contributed by atoms with Crippen molar-refractivity contribution in [2.24, 2.45) is 28.7 Å². The molecule has 14 heteroatoms. The van der Waals surface area contributed by atoms with Gasteiger partial charge in [-0.1, -0.05) is 58.0 Å². The van der Waals surface area contributed by atoms with E-state index in [9.17, 15) is 24.0 Å². The summed E-state index contributed by atoms with van der Waals surface area (Å²) in [6, 6.07) is 16.6. The van der Waals surface area contributed by atoms with E-state index >= 15 is 0 Å². The number of ether oxygens (including phenoxy) is 2. The van der Waals surface area contributed by atoms with E-state index in [-0.39, 0.29) is 53.3 Å². The predicted octanol–water partition coefficient (Wildman–Crippen LogP) is 6.73. The number of alkyl carbamates (subject to hydrolysis) is 2. The summed E-state index contributed by atoms with van der Waals surface area (Å²) in [6.45, 7) is 7.63. The molecule has 3 aromatic carbocycles. The number of benzene rings is 3. The zero-order valence-electron chi connectivity index (χ0n) is 35.4. The Kier molecular flexibility index (Phi) is 10.4. The van der Waals surface area contributed by atoms with Gasteiger partial charge in [-0.15, -0.1) is 0 Å². The highest BCUT2D eigenvalue weighted by atomic mass is 16.5. The third-order valence-corrected chi connectivity index (χ3v) is 13.7. The summed E-state index contributed by atoms with van der Waals surface area (Å²) < 4.78 is 9.64. The van der Waals surface area contributed by atoms with E-state index in [1.54, 1.807) is 6.07 Å². The minimum absolute atomic E-state index is 0.00727. The largest absolute Gasteiger partial charge is 0.453 e. The van der Waals surface area contributed by atoms with E-state index in [0.29, 0.717) is 29.1 Å². The average molecular weight is 828 g/mol. The van der Waals surface area contributed by atoms with Gasteiger partial charge < -0.3 is 34.9 Å². The molecule has 4 heterocycles. The zero-order chi connectivity index (χ0) is 42.9. The first kappa shape index (κ1) is 40.4. The number of rotatable bonds is 10. The number of hydrogen-bond acceptors (Lipinski definition) is 9. The molecule has 3 aliphatic heterocycles. The second kappa shape index (κ2) is 15.8. The van der Waals surface area contributed by atoms with E-state index in [1.807, 2.05) is 55.8 Å². The number of allylic oxidation sites excluding steroid dienone is 1. The number of fused-ring (bicyclic) bond motifs is 5. The lowest BCUT2D eigenvalue weighted by molar-refractivity contribution is -0.139. The number of aromatic nitrogens is 2. The zero-order valence-corrected chi connectivity index (χ0v) is 35.4. The number of nitrogens with zero attached hydrogens (tertiary/aromatic N) is 4. The number of likely N-dealkylation sites (tertiary alicyclic amines) is 2. The molecule has 9 rings (SSSR count). The standard InChI is InChI=1S/C47H53N7O7/c1-23(2)39(50-46(58)60-5)44(56)53-33-13-11-30(17-33)41(53)42-49-35-18-29(12-14-34(35)43(55)52-42)27-8-7-26-16-28(10-9-25(26)15-27)32-19-36(48-22-32)38-21-31-20-37(31)54(38)45(57)40(24(3)4)51-47(59)61-6/h7-10,12,14-16,18,22-24,30-31,33,37-41H,11,13,17,19-21H2,1-6H3,(H,50,58)(H,51,59)(H,49,52,55)/t30-,31+,33+,37+,38-,39-,40-,41-/m0/s1. The van der Waals surface area contributed by atoms with Gasteiger partial charge in [-0.25, -0.2) is 14.6 Å². The van der Waals surface area contributed by atoms with E-state index in [1.165, 1.54) is 14.2 Å². The summed E-state index contributed by atoms with van der Waals surface area (Å²) >= 11 is 0. The number of hydrogen-bond donors (Lipinski definition) is 3. The molecule has 2 aliphatic carbocycles. The SMILES string of the molecule is COC(=O)N[C@H](C(=O)N1[C@@H]2CC[C@@H](C2)[C@H]1c1nc2cc(-c3ccc4cc(C5=CN=C([C@@H]6C[C@H]7C[C@H]7N6C(=O)[C@@H](NC(=O)OC)C(C)C)C5)ccc4c3)ccc2c(=O)[nH]1)C(C)C. The fourth-order valence-electron chi connectivity index (χ4n) is 10.4. The molecule has 0 unspecified atom stereocenters. The molecule has 1 aromatic heterocycles. The molecule has 2 bridgehead atoms. The Morgan fingerprint density at radius 3 is 2.05 bits per heavy atom. The maximum absolute atomic E-state index is 14.1. The molecule has 0 spiro atoms. The molecule has 8 atom stereocenters. The van der Waals surface area contributed by atoms with Gasteiger partial charge >= 0.3 is 12.2 Å². The van der Waals surface area contributed by atoms with Crippen LogP contribution in [0.1, 0.15) is 83.6 Å². The highest BCUT2D eigenvalue weighted by molar-refractivity contribution is 6.05. The summed E-state index contributed by atoms with van der Waals surface area (Å²) in [7, 11) is 2.58. The van der Waals surface area contributed by atoms with Crippen molar-refractivity contribution in [2.45, 2.75) is 102 Å². The number of carbonyl (C=O) groups is 4. The molecule has 5 aliphatic rings. The van der Waals surface area contributed by atoms with Gasteiger partial charge in [0.05, 0.1) is 37.2 Å². The molecule has 61 heavy (non-hydrogen) atoms. The summed E-state index contributed by atoms with van der Waals surface area (Å²) in [5.41, 5.74) is 5.34. The van der Waals surface area contributed by atoms with Crippen LogP contribution in [0.25, 0.3) is 38.4 Å². The van der Waals surface area contributed by atoms with Crippen molar-refractivity contribution in [3.05, 3.63) is 82.5 Å². The highest BCUT2D eigenvalue weighted by Crippen LogP contribution is 2.51. The maximum Gasteiger partial charge on any atom is 0.407 e. The van der Waals surface area contributed by atoms with E-state index in [2.05, 4.69) is 52.0 Å². The van der Waals surface area contributed by atoms with Crippen LogP contribution >= 0.6 is 0 Å². The lowest BCUT2D eigenvalue weighted by Gasteiger charge is -2.37. The van der Waals surface area contributed by atoms with Crippen LogP contribution in [0.4, 0.5) is 9.59 Å². The van der Waals surface area contributed by atoms with Crippen LogP contribution < -0.4 is 16.2 Å². The molecule has 318 valence electrons. The third kappa shape index (κ3) is 7.33. The van der Waals surface area contributed by atoms with Gasteiger partial charge in [0.25, 0.3) is 5.56 Å². The smallest absolute Gasteiger partial charge is 0.407 e. The first-order valence-electron chi connectivity index (χ1n) is 21.5. The molecule has 2 saturated heterocycles. The van der Waals surface area contributed by atoms with E-state index < -0.39 is 30.3 Å². The molecule has 0 radical (unpaired) electrons. The van der Waals surface area contributed by atoms with Gasteiger partial charge in [-0.05, 0) is 113 Å². The first-order valence-corrected chi connectivity index (χ1v) is 21.5. The summed E-state index contributed by atoms with van der Waals surface area (Å²) in [4.78, 5) is 82.6. The number of nitrogens with one attached hydrogen (secondary N) is 3. The minimum Gasteiger partial charge on any atom is -0.453 e. The quantitative estimate of drug-likeness (QED) is 0.158. The van der Waals surface area contributed by atoms with Crippen molar-refractivity contribution < 1.29 is 28.7 Å². The van der Waals surface area contributed by atoms with Crippen LogP contribution in [-0.4, -0.2) is 93.9 Å². The van der Waals surface area contributed by atoms with Crippen LogP contribution in [0.2, 0.25) is 0 Å². The van der Waals surface area contributed by atoms with Gasteiger partial charge in [-0.3, -0.25) is 19.4 Å². The Morgan fingerprint density at radius 1 is 0.754 bits per heavy atom. The average Bonchev–Trinajstić information content (AvgIpc) is 3.71. The van der Waals surface area contributed by atoms with Gasteiger partial charge in [0.2, 0.25) is 11.8 Å². The molecule has 4 fully saturated rings. The monoisotopic (exact) mass is 827 g/mol. The topological polar surface area (TPSA) is 175 Å². The molecule has 4 amide bonds. The van der Waals surface area contributed by atoms with Crippen molar-refractivity contribution in [1.29, 1.82) is 0 Å². The van der Waals surface area contributed by atoms with Crippen LogP contribution in [0.3, 0.4) is 0 Å². The Hall–Kier alpha value is -6.05. The highest BCUT2D eigenvalue weighted by Gasteiger charge is 2.56. The number of aliphatic imine (C=N–C) groups is 1. The van der Waals surface area contributed by atoms with Gasteiger partial charge in [-0.2, -0.15) is 0 Å². The van der Waals surface area contributed by atoms with E-state index in [0.717, 1.165) is 70.9 Å². The molecular weight excluding hydrogens is 775 g/mol. The molecule has 14 nitrogen and oxygen atoms in total. The van der Waals surface area contributed by atoms with Crippen LogP contribution in [0.5, 0.6) is 0 Å². The van der Waals surface area contributed by atoms with E-state index in [4.69, 9.17) is 19.5 Å². The lowest BCUT2D eigenvalue weighted by atomic mass is 9.94. The second-order valence-corrected chi connectivity index (χ2v) is 18.1. The Morgan fingerprint density at radius 2 is 1.38 bits per heavy atom. The predicted molar refractivity (Wildman–Crippen MR) is 232 cm³/mol. The number of piperidine rings is 2. The van der Waals surface area contributed by atoms with Crippen LogP contribution in [0.15, 0.2) is 70.6 Å². The first-order chi connectivity index (χ1) is 29.3. The Labute approximate surface area is 354 Å². The lowest BCUT2D eigenvalue weighted by Crippen LogP contribution is -2.54. The van der Waals surface area contributed by atoms with Crippen molar-refractivity contribution in [3.63, 3.8) is 0 Å². The Bertz CT molecular complexity index is 2580. The van der Waals surface area contributed by atoms with Crippen molar-refractivity contribution in [1.82, 2.24) is 30.4 Å². The van der Waals surface area contributed by atoms with Crippen molar-refractivity contribution in [3.8, 4) is 11.1 Å². The van der Waals surface area contributed by atoms with Crippen molar-refractivity contribution in [2.75, 3.05) is 14.2 Å². The summed E-state index contributed by atoms with van der Waals surface area (Å²) in [5.74, 6) is 0.545. The number of carbonyl (C=O) groups excluding carboxylic acids is 4. The summed E-state index contributed by atoms with van der Waals surface area (Å²) in [6.07, 6.45) is 5.80. The van der Waals surface area contributed by atoms with Crippen molar-refractivity contribution >= 4 is 57.0 Å². The third-order valence-electron chi connectivity index (χ3n) is 13.7. The fraction of sp³-hybridized carbons (Fsp3) is 0.468. The molecule has 4 aromatic rings. The molecular formula is C47H53N7O7. The number of methoxy groups -OCH3 is 2. The minimum atomic E-state index is -0.773. The second-order valence-electron chi connectivity index (χ2n) is 18.1. The number of H-pyrrole nitrogens is 1. The van der Waals surface area contributed by atoms with Gasteiger partial charge in [0.1, 0.15) is 17.9 Å². The van der Waals surface area contributed by atoms with Crippen LogP contribution in [0, 0.1) is 23.7 Å². The fourth-order valence-corrected chi connectivity index (χ4v) is 10.4. The normalized spacial score (nSPS) is 24.8. The maximum atomic E-state index is 14.1. The van der Waals surface area contributed by atoms with Crippen LogP contribution in [-0.2, 0) is 19.1 Å². The molecule has 2 saturated carbocycles. The molecule has 3 N–H and O–H groups in total. The summed E-state index contributed by atoms with van der Waals surface area (Å²) in [5, 5.41) is 8.08. The number of aromatic amines is 1. The number of amides is 4.